The van der Waals surface area contributed by atoms with Crippen molar-refractivity contribution in [3.8, 4) is 0 Å². The number of hydrogen-bond donors (Lipinski definition) is 1. The first-order chi connectivity index (χ1) is 12.1. The lowest BCUT2D eigenvalue weighted by Gasteiger charge is -2.47. The standard InChI is InChI=1S/C16H27N5O3S/c22-25(23,20-5-1-2-6-20)21-9-10-24-16(13-21)3-7-19(8-4-16)12-15-11-17-14-18-15/h11,14H,1-10,12-13H2,(H,17,18). The minimum atomic E-state index is -3.33. The molecule has 4 rings (SSSR count). The molecule has 0 unspecified atom stereocenters. The molecule has 0 saturated carbocycles. The number of rotatable bonds is 4. The Morgan fingerprint density at radius 2 is 1.88 bits per heavy atom. The number of nitrogens with zero attached hydrogens (tertiary/aromatic N) is 4. The van der Waals surface area contributed by atoms with Gasteiger partial charge in [0.25, 0.3) is 10.2 Å². The van der Waals surface area contributed by atoms with E-state index in [-0.39, 0.29) is 5.60 Å². The summed E-state index contributed by atoms with van der Waals surface area (Å²) < 4.78 is 35.1. The van der Waals surface area contributed by atoms with Crippen LogP contribution < -0.4 is 0 Å². The molecule has 3 fully saturated rings. The number of aromatic nitrogens is 2. The molecule has 9 heteroatoms. The highest BCUT2D eigenvalue weighted by molar-refractivity contribution is 7.86. The summed E-state index contributed by atoms with van der Waals surface area (Å²) in [5.74, 6) is 0. The zero-order valence-electron chi connectivity index (χ0n) is 14.6. The summed E-state index contributed by atoms with van der Waals surface area (Å²) in [5.41, 5.74) is 0.786. The SMILES string of the molecule is O=S(=O)(N1CCCC1)N1CCOC2(CCN(Cc3cnc[nH]3)CC2)C1. The van der Waals surface area contributed by atoms with Crippen molar-refractivity contribution in [2.24, 2.45) is 0 Å². The predicted octanol–water partition coefficient (Wildman–Crippen LogP) is 0.417. The molecule has 1 aromatic heterocycles. The predicted molar refractivity (Wildman–Crippen MR) is 93.1 cm³/mol. The molecule has 0 atom stereocenters. The number of nitrogens with one attached hydrogen (secondary N) is 1. The average Bonchev–Trinajstić information content (AvgIpc) is 3.31. The normalized spacial score (nSPS) is 26.4. The Balaban J connectivity index is 1.38. The summed E-state index contributed by atoms with van der Waals surface area (Å²) in [4.78, 5) is 9.57. The van der Waals surface area contributed by atoms with E-state index in [1.54, 1.807) is 14.9 Å². The fraction of sp³-hybridized carbons (Fsp3) is 0.812. The van der Waals surface area contributed by atoms with Gasteiger partial charge < -0.3 is 9.72 Å². The maximum atomic E-state index is 12.9. The van der Waals surface area contributed by atoms with Crippen LogP contribution in [0.15, 0.2) is 12.5 Å². The van der Waals surface area contributed by atoms with Gasteiger partial charge in [0.1, 0.15) is 0 Å². The third kappa shape index (κ3) is 3.61. The number of ether oxygens (including phenoxy) is 1. The zero-order chi connectivity index (χ0) is 17.3. The molecule has 1 aromatic rings. The van der Waals surface area contributed by atoms with Gasteiger partial charge in [-0.2, -0.15) is 17.0 Å². The summed E-state index contributed by atoms with van der Waals surface area (Å²) in [6, 6.07) is 0. The lowest BCUT2D eigenvalue weighted by molar-refractivity contribution is -0.121. The molecule has 8 nitrogen and oxygen atoms in total. The summed E-state index contributed by atoms with van der Waals surface area (Å²) in [6.45, 7) is 5.45. The molecule has 0 aromatic carbocycles. The fourth-order valence-electron chi connectivity index (χ4n) is 4.12. The van der Waals surface area contributed by atoms with E-state index in [2.05, 4.69) is 14.9 Å². The fourth-order valence-corrected chi connectivity index (χ4v) is 5.87. The number of H-pyrrole nitrogens is 1. The Kier molecular flexibility index (Phi) is 4.85. The minimum absolute atomic E-state index is 0.324. The minimum Gasteiger partial charge on any atom is -0.372 e. The Labute approximate surface area is 149 Å². The molecular formula is C16H27N5O3S. The molecule has 4 heterocycles. The van der Waals surface area contributed by atoms with Gasteiger partial charge in [-0.1, -0.05) is 0 Å². The topological polar surface area (TPSA) is 81.8 Å². The molecule has 0 bridgehead atoms. The molecule has 1 spiro atoms. The van der Waals surface area contributed by atoms with Gasteiger partial charge in [-0.05, 0) is 25.7 Å². The highest BCUT2D eigenvalue weighted by Crippen LogP contribution is 2.32. The van der Waals surface area contributed by atoms with E-state index in [9.17, 15) is 8.42 Å². The lowest BCUT2D eigenvalue weighted by Crippen LogP contribution is -2.59. The van der Waals surface area contributed by atoms with Crippen LogP contribution in [-0.4, -0.2) is 83.4 Å². The van der Waals surface area contributed by atoms with E-state index in [0.717, 1.165) is 51.0 Å². The van der Waals surface area contributed by atoms with Crippen molar-refractivity contribution in [1.29, 1.82) is 0 Å². The van der Waals surface area contributed by atoms with Crippen LogP contribution in [0.5, 0.6) is 0 Å². The Bertz CT molecular complexity index is 664. The third-order valence-electron chi connectivity index (χ3n) is 5.65. The third-order valence-corrected chi connectivity index (χ3v) is 7.63. The van der Waals surface area contributed by atoms with E-state index in [4.69, 9.17) is 4.74 Å². The van der Waals surface area contributed by atoms with Gasteiger partial charge in [0.05, 0.1) is 18.5 Å². The summed E-state index contributed by atoms with van der Waals surface area (Å²) in [5, 5.41) is 0. The van der Waals surface area contributed by atoms with Crippen molar-refractivity contribution in [2.75, 3.05) is 45.9 Å². The van der Waals surface area contributed by atoms with Gasteiger partial charge in [-0.25, -0.2) is 4.98 Å². The first-order valence-electron chi connectivity index (χ1n) is 9.16. The highest BCUT2D eigenvalue weighted by atomic mass is 32.2. The molecule has 0 radical (unpaired) electrons. The van der Waals surface area contributed by atoms with E-state index in [1.807, 2.05) is 6.20 Å². The highest BCUT2D eigenvalue weighted by Gasteiger charge is 2.44. The number of imidazole rings is 1. The average molecular weight is 369 g/mol. The van der Waals surface area contributed by atoms with E-state index >= 15 is 0 Å². The van der Waals surface area contributed by atoms with Crippen molar-refractivity contribution in [2.45, 2.75) is 37.8 Å². The zero-order valence-corrected chi connectivity index (χ0v) is 15.4. The molecule has 140 valence electrons. The Hall–Kier alpha value is -1.00. The molecule has 1 N–H and O–H groups in total. The smallest absolute Gasteiger partial charge is 0.282 e. The maximum absolute atomic E-state index is 12.9. The van der Waals surface area contributed by atoms with Crippen LogP contribution in [0.4, 0.5) is 0 Å². The molecule has 3 aliphatic rings. The number of likely N-dealkylation sites (tertiary alicyclic amines) is 1. The maximum Gasteiger partial charge on any atom is 0.282 e. The molecule has 3 aliphatic heterocycles. The number of aromatic amines is 1. The Morgan fingerprint density at radius 3 is 2.56 bits per heavy atom. The molecule has 0 aliphatic carbocycles. The van der Waals surface area contributed by atoms with Crippen molar-refractivity contribution in [3.05, 3.63) is 18.2 Å². The van der Waals surface area contributed by atoms with Crippen LogP contribution in [0, 0.1) is 0 Å². The second-order valence-corrected chi connectivity index (χ2v) is 9.26. The van der Waals surface area contributed by atoms with Crippen LogP contribution in [-0.2, 0) is 21.5 Å². The van der Waals surface area contributed by atoms with Crippen LogP contribution in [0.3, 0.4) is 0 Å². The van der Waals surface area contributed by atoms with Crippen LogP contribution in [0.1, 0.15) is 31.4 Å². The number of hydrogen-bond acceptors (Lipinski definition) is 5. The molecule has 0 amide bonds. The van der Waals surface area contributed by atoms with Gasteiger partial charge in [-0.3, -0.25) is 4.90 Å². The van der Waals surface area contributed by atoms with Gasteiger partial charge >= 0.3 is 0 Å². The summed E-state index contributed by atoms with van der Waals surface area (Å²) in [6.07, 6.45) is 7.23. The van der Waals surface area contributed by atoms with Crippen molar-refractivity contribution >= 4 is 10.2 Å². The van der Waals surface area contributed by atoms with Crippen LogP contribution in [0.2, 0.25) is 0 Å². The summed E-state index contributed by atoms with van der Waals surface area (Å²) >= 11 is 0. The molecule has 25 heavy (non-hydrogen) atoms. The summed E-state index contributed by atoms with van der Waals surface area (Å²) in [7, 11) is -3.33. The van der Waals surface area contributed by atoms with Gasteiger partial charge in [0, 0.05) is 57.7 Å². The van der Waals surface area contributed by atoms with Crippen LogP contribution in [0.25, 0.3) is 0 Å². The molecular weight excluding hydrogens is 342 g/mol. The Morgan fingerprint density at radius 1 is 1.12 bits per heavy atom. The van der Waals surface area contributed by atoms with E-state index < -0.39 is 10.2 Å². The van der Waals surface area contributed by atoms with Gasteiger partial charge in [0.15, 0.2) is 0 Å². The van der Waals surface area contributed by atoms with Gasteiger partial charge in [-0.15, -0.1) is 0 Å². The van der Waals surface area contributed by atoms with E-state index in [0.29, 0.717) is 32.8 Å². The quantitative estimate of drug-likeness (QED) is 0.832. The van der Waals surface area contributed by atoms with E-state index in [1.165, 1.54) is 0 Å². The molecule has 3 saturated heterocycles. The largest absolute Gasteiger partial charge is 0.372 e. The lowest BCUT2D eigenvalue weighted by atomic mass is 9.90. The first kappa shape index (κ1) is 17.4. The monoisotopic (exact) mass is 369 g/mol. The first-order valence-corrected chi connectivity index (χ1v) is 10.6. The van der Waals surface area contributed by atoms with Crippen molar-refractivity contribution in [3.63, 3.8) is 0 Å². The van der Waals surface area contributed by atoms with Crippen LogP contribution >= 0.6 is 0 Å². The second-order valence-electron chi connectivity index (χ2n) is 7.33. The number of morpholine rings is 1. The number of piperidine rings is 1. The second kappa shape index (κ2) is 6.96. The van der Waals surface area contributed by atoms with Gasteiger partial charge in [0.2, 0.25) is 0 Å². The van der Waals surface area contributed by atoms with Crippen molar-refractivity contribution < 1.29 is 13.2 Å². The van der Waals surface area contributed by atoms with Crippen molar-refractivity contribution in [1.82, 2.24) is 23.5 Å².